The summed E-state index contributed by atoms with van der Waals surface area (Å²) in [6.45, 7) is 0. The van der Waals surface area contributed by atoms with E-state index >= 15 is 0 Å². The summed E-state index contributed by atoms with van der Waals surface area (Å²) in [4.78, 5) is 9.76. The van der Waals surface area contributed by atoms with Gasteiger partial charge in [0.1, 0.15) is 10.6 Å². The first kappa shape index (κ1) is 11.1. The van der Waals surface area contributed by atoms with Gasteiger partial charge in [0.15, 0.2) is 0 Å². The monoisotopic (exact) mass is 259 g/mol. The van der Waals surface area contributed by atoms with Crippen LogP contribution in [0.25, 0.3) is 21.5 Å². The molecule has 0 bridgehead atoms. The highest BCUT2D eigenvalue weighted by Gasteiger charge is 2.10. The summed E-state index contributed by atoms with van der Waals surface area (Å²) in [6, 6.07) is 8.32. The van der Waals surface area contributed by atoms with Crippen LogP contribution in [0.15, 0.2) is 35.7 Å². The van der Waals surface area contributed by atoms with Gasteiger partial charge in [0.2, 0.25) is 5.95 Å². The number of hydrogen-bond acceptors (Lipinski definition) is 4. The minimum Gasteiger partial charge on any atom is -0.357 e. The lowest BCUT2D eigenvalue weighted by molar-refractivity contribution is 0.628. The molecule has 5 heteroatoms. The van der Waals surface area contributed by atoms with E-state index in [9.17, 15) is 4.39 Å². The van der Waals surface area contributed by atoms with Gasteiger partial charge in [-0.25, -0.2) is 14.4 Å². The molecule has 0 atom stereocenters. The van der Waals surface area contributed by atoms with Gasteiger partial charge in [0.25, 0.3) is 0 Å². The molecule has 0 amide bonds. The summed E-state index contributed by atoms with van der Waals surface area (Å²) < 4.78 is 13.0. The van der Waals surface area contributed by atoms with Crippen LogP contribution in [0.1, 0.15) is 0 Å². The van der Waals surface area contributed by atoms with Gasteiger partial charge in [-0.15, -0.1) is 11.3 Å². The van der Waals surface area contributed by atoms with Crippen molar-refractivity contribution in [3.63, 3.8) is 0 Å². The lowest BCUT2D eigenvalue weighted by Crippen LogP contribution is -1.97. The molecule has 0 aliphatic carbocycles. The molecule has 90 valence electrons. The molecule has 0 spiro atoms. The number of hydrogen-bond donors (Lipinski definition) is 1. The molecule has 0 unspecified atom stereocenters. The Balaban J connectivity index is 2.26. The summed E-state index contributed by atoms with van der Waals surface area (Å²) in [6.07, 6.45) is 0. The summed E-state index contributed by atoms with van der Waals surface area (Å²) in [5.41, 5.74) is 1.71. The SMILES string of the molecule is CNc1nc(-c2ccc(F)cc2)c2ccsc2n1. The van der Waals surface area contributed by atoms with Gasteiger partial charge < -0.3 is 5.32 Å². The normalized spacial score (nSPS) is 10.8. The predicted molar refractivity (Wildman–Crippen MR) is 72.4 cm³/mol. The maximum absolute atomic E-state index is 13.0. The van der Waals surface area contributed by atoms with E-state index in [0.29, 0.717) is 5.95 Å². The van der Waals surface area contributed by atoms with Crippen LogP contribution in [0.3, 0.4) is 0 Å². The Labute approximate surface area is 107 Å². The number of fused-ring (bicyclic) bond motifs is 1. The third-order valence-electron chi connectivity index (χ3n) is 2.67. The van der Waals surface area contributed by atoms with E-state index in [1.165, 1.54) is 12.1 Å². The van der Waals surface area contributed by atoms with Crippen LogP contribution in [-0.2, 0) is 0 Å². The topological polar surface area (TPSA) is 37.8 Å². The second-order valence-corrected chi connectivity index (χ2v) is 4.69. The molecule has 0 saturated carbocycles. The van der Waals surface area contributed by atoms with Gasteiger partial charge in [0.05, 0.1) is 5.69 Å². The van der Waals surface area contributed by atoms with Crippen LogP contribution in [0, 0.1) is 5.82 Å². The highest BCUT2D eigenvalue weighted by atomic mass is 32.1. The molecule has 18 heavy (non-hydrogen) atoms. The Hall–Kier alpha value is -2.01. The number of thiophene rings is 1. The Morgan fingerprint density at radius 3 is 2.61 bits per heavy atom. The standard InChI is InChI=1S/C13H10FN3S/c1-15-13-16-11(8-2-4-9(14)5-3-8)10-6-7-18-12(10)17-13/h2-7H,1H3,(H,15,16,17). The Morgan fingerprint density at radius 2 is 1.89 bits per heavy atom. The number of anilines is 1. The molecule has 1 aromatic carbocycles. The van der Waals surface area contributed by atoms with Gasteiger partial charge in [-0.3, -0.25) is 0 Å². The van der Waals surface area contributed by atoms with E-state index in [1.54, 1.807) is 30.5 Å². The number of aromatic nitrogens is 2. The van der Waals surface area contributed by atoms with Crippen LogP contribution >= 0.6 is 11.3 Å². The zero-order chi connectivity index (χ0) is 12.5. The van der Waals surface area contributed by atoms with E-state index < -0.39 is 0 Å². The second-order valence-electron chi connectivity index (χ2n) is 3.79. The number of rotatable bonds is 2. The van der Waals surface area contributed by atoms with E-state index in [2.05, 4.69) is 15.3 Å². The van der Waals surface area contributed by atoms with E-state index in [1.807, 2.05) is 11.4 Å². The number of halogens is 1. The Kier molecular flexibility index (Phi) is 2.68. The average Bonchev–Trinajstić information content (AvgIpc) is 2.86. The molecule has 3 nitrogen and oxygen atoms in total. The molecule has 0 aliphatic rings. The van der Waals surface area contributed by atoms with E-state index in [-0.39, 0.29) is 5.82 Å². The zero-order valence-electron chi connectivity index (χ0n) is 9.64. The highest BCUT2D eigenvalue weighted by molar-refractivity contribution is 7.16. The quantitative estimate of drug-likeness (QED) is 0.765. The summed E-state index contributed by atoms with van der Waals surface area (Å²) in [5.74, 6) is 0.326. The first-order valence-corrected chi connectivity index (χ1v) is 6.35. The third-order valence-corrected chi connectivity index (χ3v) is 3.47. The van der Waals surface area contributed by atoms with Crippen molar-refractivity contribution in [1.82, 2.24) is 9.97 Å². The van der Waals surface area contributed by atoms with Gasteiger partial charge >= 0.3 is 0 Å². The van der Waals surface area contributed by atoms with Crippen LogP contribution in [-0.4, -0.2) is 17.0 Å². The largest absolute Gasteiger partial charge is 0.357 e. The van der Waals surface area contributed by atoms with Crippen LogP contribution < -0.4 is 5.32 Å². The lowest BCUT2D eigenvalue weighted by Gasteiger charge is -2.05. The second kappa shape index (κ2) is 4.34. The minimum absolute atomic E-state index is 0.247. The Morgan fingerprint density at radius 1 is 1.11 bits per heavy atom. The molecular weight excluding hydrogens is 249 g/mol. The Bertz CT molecular complexity index is 691. The number of benzene rings is 1. The van der Waals surface area contributed by atoms with Crippen molar-refractivity contribution >= 4 is 27.5 Å². The highest BCUT2D eigenvalue weighted by Crippen LogP contribution is 2.30. The fraction of sp³-hybridized carbons (Fsp3) is 0.0769. The molecule has 0 fully saturated rings. The predicted octanol–water partition coefficient (Wildman–Crippen LogP) is 3.54. The van der Waals surface area contributed by atoms with Gasteiger partial charge in [-0.2, -0.15) is 0 Å². The van der Waals surface area contributed by atoms with Crippen molar-refractivity contribution < 1.29 is 4.39 Å². The van der Waals surface area contributed by atoms with Crippen LogP contribution in [0.5, 0.6) is 0 Å². The van der Waals surface area contributed by atoms with Crippen molar-refractivity contribution in [2.45, 2.75) is 0 Å². The third kappa shape index (κ3) is 1.82. The van der Waals surface area contributed by atoms with E-state index in [0.717, 1.165) is 21.5 Å². The minimum atomic E-state index is -0.247. The fourth-order valence-corrected chi connectivity index (χ4v) is 2.56. The van der Waals surface area contributed by atoms with Crippen molar-refractivity contribution in [3.05, 3.63) is 41.5 Å². The summed E-state index contributed by atoms with van der Waals surface area (Å²) in [7, 11) is 1.78. The molecule has 2 aromatic heterocycles. The maximum Gasteiger partial charge on any atom is 0.224 e. The van der Waals surface area contributed by atoms with Crippen LogP contribution in [0.4, 0.5) is 10.3 Å². The zero-order valence-corrected chi connectivity index (χ0v) is 10.5. The van der Waals surface area contributed by atoms with Gasteiger partial charge in [-0.05, 0) is 35.7 Å². The van der Waals surface area contributed by atoms with Crippen molar-refractivity contribution in [1.29, 1.82) is 0 Å². The molecule has 0 saturated heterocycles. The van der Waals surface area contributed by atoms with Gasteiger partial charge in [-0.1, -0.05) is 0 Å². The van der Waals surface area contributed by atoms with Gasteiger partial charge in [0, 0.05) is 18.0 Å². The first-order chi connectivity index (χ1) is 8.78. The molecule has 2 heterocycles. The summed E-state index contributed by atoms with van der Waals surface area (Å²) in [5, 5.41) is 5.91. The summed E-state index contributed by atoms with van der Waals surface area (Å²) >= 11 is 1.56. The van der Waals surface area contributed by atoms with Crippen molar-refractivity contribution in [2.24, 2.45) is 0 Å². The first-order valence-electron chi connectivity index (χ1n) is 5.47. The van der Waals surface area contributed by atoms with E-state index in [4.69, 9.17) is 0 Å². The lowest BCUT2D eigenvalue weighted by atomic mass is 10.1. The average molecular weight is 259 g/mol. The molecule has 3 rings (SSSR count). The maximum atomic E-state index is 13.0. The molecule has 1 N–H and O–H groups in total. The molecule has 0 aliphatic heterocycles. The number of nitrogens with one attached hydrogen (secondary N) is 1. The molecule has 3 aromatic rings. The number of nitrogens with zero attached hydrogens (tertiary/aromatic N) is 2. The molecule has 0 radical (unpaired) electrons. The van der Waals surface area contributed by atoms with Crippen LogP contribution in [0.2, 0.25) is 0 Å². The molecular formula is C13H10FN3S. The smallest absolute Gasteiger partial charge is 0.224 e. The fourth-order valence-electron chi connectivity index (χ4n) is 1.80. The van der Waals surface area contributed by atoms with Crippen molar-refractivity contribution in [2.75, 3.05) is 12.4 Å². The van der Waals surface area contributed by atoms with Crippen molar-refractivity contribution in [3.8, 4) is 11.3 Å².